The molecule has 0 saturated carbocycles. The molecule has 0 aromatic rings. The Morgan fingerprint density at radius 2 is 1.80 bits per heavy atom. The lowest BCUT2D eigenvalue weighted by atomic mass is 10.3. The maximum absolute atomic E-state index is 11.3. The summed E-state index contributed by atoms with van der Waals surface area (Å²) in [5.74, 6) is -1.67. The first kappa shape index (κ1) is 14.0. The third-order valence-electron chi connectivity index (χ3n) is 1.55. The lowest BCUT2D eigenvalue weighted by Gasteiger charge is -2.10. The van der Waals surface area contributed by atoms with Crippen LogP contribution >= 0.6 is 11.8 Å². The number of hydrogen-bond acceptors (Lipinski definition) is 4. The minimum atomic E-state index is -1.10. The summed E-state index contributed by atoms with van der Waals surface area (Å²) in [6, 6.07) is 0. The molecule has 0 aliphatic heterocycles. The summed E-state index contributed by atoms with van der Waals surface area (Å²) in [6.45, 7) is 4.65. The SMILES string of the molecule is CC(C)C(=O)SC(C)C(=O)NCC(=O)O. The number of carbonyl (C=O) groups excluding carboxylic acids is 2. The molecule has 0 rings (SSSR count). The molecule has 1 amide bonds. The molecule has 0 fully saturated rings. The molecule has 0 aromatic heterocycles. The van der Waals surface area contributed by atoms with Crippen LogP contribution in [0.25, 0.3) is 0 Å². The highest BCUT2D eigenvalue weighted by Gasteiger charge is 2.19. The molecule has 0 bridgehead atoms. The van der Waals surface area contributed by atoms with Crippen molar-refractivity contribution in [3.63, 3.8) is 0 Å². The topological polar surface area (TPSA) is 83.5 Å². The van der Waals surface area contributed by atoms with Crippen LogP contribution < -0.4 is 5.32 Å². The summed E-state index contributed by atoms with van der Waals surface area (Å²) in [6.07, 6.45) is 0. The van der Waals surface area contributed by atoms with Gasteiger partial charge in [-0.05, 0) is 6.92 Å². The summed E-state index contributed by atoms with van der Waals surface area (Å²) < 4.78 is 0. The van der Waals surface area contributed by atoms with Crippen molar-refractivity contribution in [2.45, 2.75) is 26.0 Å². The van der Waals surface area contributed by atoms with Gasteiger partial charge in [-0.2, -0.15) is 0 Å². The van der Waals surface area contributed by atoms with E-state index in [1.54, 1.807) is 20.8 Å². The highest BCUT2D eigenvalue weighted by molar-refractivity contribution is 8.14. The van der Waals surface area contributed by atoms with Crippen molar-refractivity contribution >= 4 is 28.8 Å². The van der Waals surface area contributed by atoms with Crippen LogP contribution in [0.4, 0.5) is 0 Å². The third-order valence-corrected chi connectivity index (χ3v) is 2.82. The minimum Gasteiger partial charge on any atom is -0.480 e. The van der Waals surface area contributed by atoms with Gasteiger partial charge in [-0.15, -0.1) is 0 Å². The lowest BCUT2D eigenvalue weighted by Crippen LogP contribution is -2.35. The van der Waals surface area contributed by atoms with Gasteiger partial charge in [0.05, 0.1) is 5.25 Å². The average Bonchev–Trinajstić information content (AvgIpc) is 2.13. The Labute approximate surface area is 92.6 Å². The van der Waals surface area contributed by atoms with E-state index < -0.39 is 23.7 Å². The minimum absolute atomic E-state index is 0.0759. The predicted octanol–water partition coefficient (Wildman–Crippen LogP) is 0.492. The van der Waals surface area contributed by atoms with E-state index in [9.17, 15) is 14.4 Å². The van der Waals surface area contributed by atoms with Gasteiger partial charge >= 0.3 is 5.97 Å². The van der Waals surface area contributed by atoms with E-state index in [0.717, 1.165) is 11.8 Å². The molecule has 15 heavy (non-hydrogen) atoms. The second kappa shape index (κ2) is 6.44. The predicted molar refractivity (Wildman–Crippen MR) is 57.5 cm³/mol. The molecule has 0 aromatic carbocycles. The van der Waals surface area contributed by atoms with Crippen LogP contribution in [0.5, 0.6) is 0 Å². The number of hydrogen-bond donors (Lipinski definition) is 2. The van der Waals surface area contributed by atoms with E-state index in [4.69, 9.17) is 5.11 Å². The number of carboxylic acids is 1. The van der Waals surface area contributed by atoms with E-state index in [1.165, 1.54) is 0 Å². The van der Waals surface area contributed by atoms with E-state index >= 15 is 0 Å². The van der Waals surface area contributed by atoms with Crippen LogP contribution in [0.1, 0.15) is 20.8 Å². The first-order valence-electron chi connectivity index (χ1n) is 4.54. The quantitative estimate of drug-likeness (QED) is 0.722. The largest absolute Gasteiger partial charge is 0.480 e. The van der Waals surface area contributed by atoms with Crippen LogP contribution in [0.2, 0.25) is 0 Å². The molecule has 0 aliphatic carbocycles. The maximum Gasteiger partial charge on any atom is 0.322 e. The van der Waals surface area contributed by atoms with Crippen molar-refractivity contribution in [1.82, 2.24) is 5.32 Å². The fourth-order valence-corrected chi connectivity index (χ4v) is 1.48. The average molecular weight is 233 g/mol. The Kier molecular flexibility index (Phi) is 6.00. The van der Waals surface area contributed by atoms with Crippen molar-refractivity contribution in [3.05, 3.63) is 0 Å². The normalized spacial score (nSPS) is 12.3. The molecule has 6 heteroatoms. The molecular formula is C9H15NO4S. The molecule has 0 radical (unpaired) electrons. The number of carbonyl (C=O) groups is 3. The van der Waals surface area contributed by atoms with Crippen molar-refractivity contribution < 1.29 is 19.5 Å². The van der Waals surface area contributed by atoms with Crippen molar-refractivity contribution in [3.8, 4) is 0 Å². The van der Waals surface area contributed by atoms with E-state index in [1.807, 2.05) is 0 Å². The zero-order chi connectivity index (χ0) is 12.0. The van der Waals surface area contributed by atoms with Crippen LogP contribution in [0, 0.1) is 5.92 Å². The number of carboxylic acid groups (broad SMARTS) is 1. The number of aliphatic carboxylic acids is 1. The van der Waals surface area contributed by atoms with E-state index in [2.05, 4.69) is 5.32 Å². The van der Waals surface area contributed by atoms with Crippen molar-refractivity contribution in [2.24, 2.45) is 5.92 Å². The van der Waals surface area contributed by atoms with E-state index in [0.29, 0.717) is 0 Å². The van der Waals surface area contributed by atoms with Gasteiger partial charge in [0.25, 0.3) is 0 Å². The third kappa shape index (κ3) is 6.11. The van der Waals surface area contributed by atoms with Crippen LogP contribution in [0.15, 0.2) is 0 Å². The van der Waals surface area contributed by atoms with Gasteiger partial charge in [0.2, 0.25) is 5.91 Å². The molecule has 0 heterocycles. The highest BCUT2D eigenvalue weighted by atomic mass is 32.2. The number of thioether (sulfide) groups is 1. The Morgan fingerprint density at radius 1 is 1.27 bits per heavy atom. The Hall–Kier alpha value is -1.04. The summed E-state index contributed by atoms with van der Waals surface area (Å²) in [5.41, 5.74) is 0. The van der Waals surface area contributed by atoms with Gasteiger partial charge in [0.1, 0.15) is 6.54 Å². The van der Waals surface area contributed by atoms with Gasteiger partial charge < -0.3 is 10.4 Å². The molecule has 1 unspecified atom stereocenters. The summed E-state index contributed by atoms with van der Waals surface area (Å²) >= 11 is 0.924. The zero-order valence-electron chi connectivity index (χ0n) is 8.94. The molecule has 0 spiro atoms. The second-order valence-corrected chi connectivity index (χ2v) is 4.69. The van der Waals surface area contributed by atoms with Crippen LogP contribution in [-0.2, 0) is 14.4 Å². The fraction of sp³-hybridized carbons (Fsp3) is 0.667. The van der Waals surface area contributed by atoms with Crippen molar-refractivity contribution in [1.29, 1.82) is 0 Å². The molecule has 1 atom stereocenters. The summed E-state index contributed by atoms with van der Waals surface area (Å²) in [7, 11) is 0. The molecule has 2 N–H and O–H groups in total. The summed E-state index contributed by atoms with van der Waals surface area (Å²) in [4.78, 5) is 32.7. The monoisotopic (exact) mass is 233 g/mol. The molecular weight excluding hydrogens is 218 g/mol. The van der Waals surface area contributed by atoms with Crippen LogP contribution in [0.3, 0.4) is 0 Å². The molecule has 86 valence electrons. The number of rotatable bonds is 5. The number of nitrogens with one attached hydrogen (secondary N) is 1. The zero-order valence-corrected chi connectivity index (χ0v) is 9.76. The Bertz CT molecular complexity index is 265. The van der Waals surface area contributed by atoms with Gasteiger partial charge in [0, 0.05) is 5.92 Å². The standard InChI is InChI=1S/C9H15NO4S/c1-5(2)9(14)15-6(3)8(13)10-4-7(11)12/h5-6H,4H2,1-3H3,(H,10,13)(H,11,12). The van der Waals surface area contributed by atoms with Gasteiger partial charge in [-0.3, -0.25) is 14.4 Å². The second-order valence-electron chi connectivity index (χ2n) is 3.35. The van der Waals surface area contributed by atoms with E-state index in [-0.39, 0.29) is 11.0 Å². The smallest absolute Gasteiger partial charge is 0.322 e. The highest BCUT2D eigenvalue weighted by Crippen LogP contribution is 2.16. The first-order valence-corrected chi connectivity index (χ1v) is 5.42. The van der Waals surface area contributed by atoms with Crippen molar-refractivity contribution in [2.75, 3.05) is 6.54 Å². The lowest BCUT2D eigenvalue weighted by molar-refractivity contribution is -0.137. The van der Waals surface area contributed by atoms with Gasteiger partial charge in [0.15, 0.2) is 5.12 Å². The molecule has 5 nitrogen and oxygen atoms in total. The first-order chi connectivity index (χ1) is 6.84. The fourth-order valence-electron chi connectivity index (χ4n) is 0.670. The number of amides is 1. The molecule has 0 saturated heterocycles. The molecule has 0 aliphatic rings. The maximum atomic E-state index is 11.3. The van der Waals surface area contributed by atoms with Gasteiger partial charge in [-0.25, -0.2) is 0 Å². The Balaban J connectivity index is 3.99. The van der Waals surface area contributed by atoms with Gasteiger partial charge in [-0.1, -0.05) is 25.6 Å². The van der Waals surface area contributed by atoms with Crippen LogP contribution in [-0.4, -0.2) is 33.9 Å². The summed E-state index contributed by atoms with van der Waals surface area (Å²) in [5, 5.41) is 9.91. The Morgan fingerprint density at radius 3 is 2.20 bits per heavy atom.